The molecule has 0 aromatic heterocycles. The first-order valence-corrected chi connectivity index (χ1v) is 4.17. The van der Waals surface area contributed by atoms with E-state index in [9.17, 15) is 0 Å². The van der Waals surface area contributed by atoms with Gasteiger partial charge in [0.1, 0.15) is 0 Å². The highest BCUT2D eigenvalue weighted by atomic mass is 16.5. The fraction of sp³-hybridized carbons (Fsp3) is 0.300. The first-order valence-electron chi connectivity index (χ1n) is 4.17. The zero-order chi connectivity index (χ0) is 8.39. The third-order valence-electron chi connectivity index (χ3n) is 1.83. The summed E-state index contributed by atoms with van der Waals surface area (Å²) in [6.45, 7) is 2.69. The van der Waals surface area contributed by atoms with Crippen LogP contribution < -0.4 is 0 Å². The highest BCUT2D eigenvalue weighted by molar-refractivity contribution is 5.94. The molecule has 0 fully saturated rings. The van der Waals surface area contributed by atoms with Gasteiger partial charge in [-0.15, -0.1) is 0 Å². The molecule has 62 valence electrons. The Bertz CT molecular complexity index is 292. The summed E-state index contributed by atoms with van der Waals surface area (Å²) in [5.74, 6) is 0.878. The molecule has 1 heterocycles. The van der Waals surface area contributed by atoms with E-state index < -0.39 is 0 Å². The van der Waals surface area contributed by atoms with Gasteiger partial charge in [-0.1, -0.05) is 30.3 Å². The van der Waals surface area contributed by atoms with E-state index in [0.717, 1.165) is 5.90 Å². The normalized spacial score (nSPS) is 20.1. The molecule has 0 saturated carbocycles. The van der Waals surface area contributed by atoms with Crippen LogP contribution in [0, 0.1) is 0 Å². The van der Waals surface area contributed by atoms with Crippen molar-refractivity contribution in [2.24, 2.45) is 4.99 Å². The lowest BCUT2D eigenvalue weighted by molar-refractivity contribution is 0.333. The summed E-state index contributed by atoms with van der Waals surface area (Å²) in [5.41, 5.74) is 1.22. The van der Waals surface area contributed by atoms with E-state index in [4.69, 9.17) is 4.74 Å². The fourth-order valence-corrected chi connectivity index (χ4v) is 1.21. The number of aliphatic imine (C=N–C) groups is 1. The lowest BCUT2D eigenvalue weighted by atomic mass is 10.1. The molecule has 0 radical (unpaired) electrons. The van der Waals surface area contributed by atoms with E-state index in [-0.39, 0.29) is 6.04 Å². The number of hydrogen-bond donors (Lipinski definition) is 0. The van der Waals surface area contributed by atoms with Gasteiger partial charge in [0.15, 0.2) is 6.04 Å². The Morgan fingerprint density at radius 2 is 2.08 bits per heavy atom. The summed E-state index contributed by atoms with van der Waals surface area (Å²) in [5, 5.41) is 0. The Kier molecular flexibility index (Phi) is 1.82. The molecule has 0 spiro atoms. The molecule has 0 bridgehead atoms. The van der Waals surface area contributed by atoms with Crippen molar-refractivity contribution in [2.45, 2.75) is 13.0 Å². The SMILES string of the molecule is CCOC1=NC1c1ccccc1. The molecule has 0 saturated heterocycles. The molecule has 2 heteroatoms. The van der Waals surface area contributed by atoms with Gasteiger partial charge in [-0.25, -0.2) is 4.99 Å². The van der Waals surface area contributed by atoms with Crippen LogP contribution in [0.5, 0.6) is 0 Å². The van der Waals surface area contributed by atoms with Gasteiger partial charge in [0.25, 0.3) is 0 Å². The number of nitrogens with zero attached hydrogens (tertiary/aromatic N) is 1. The lowest BCUT2D eigenvalue weighted by Crippen LogP contribution is -1.95. The predicted molar refractivity (Wildman–Crippen MR) is 48.2 cm³/mol. The smallest absolute Gasteiger partial charge is 0.214 e. The molecular weight excluding hydrogens is 150 g/mol. The van der Waals surface area contributed by atoms with Crippen LogP contribution in [0.15, 0.2) is 35.3 Å². The van der Waals surface area contributed by atoms with Crippen molar-refractivity contribution in [1.29, 1.82) is 0 Å². The molecule has 0 amide bonds. The van der Waals surface area contributed by atoms with Crippen molar-refractivity contribution >= 4 is 5.90 Å². The molecule has 0 aliphatic carbocycles. The van der Waals surface area contributed by atoms with Crippen LogP contribution >= 0.6 is 0 Å². The van der Waals surface area contributed by atoms with Crippen LogP contribution in [-0.2, 0) is 4.74 Å². The van der Waals surface area contributed by atoms with Gasteiger partial charge < -0.3 is 4.74 Å². The Hall–Kier alpha value is -1.31. The average Bonchev–Trinajstić information content (AvgIpc) is 2.87. The molecule has 0 N–H and O–H groups in total. The maximum atomic E-state index is 5.27. The Balaban J connectivity index is 1.99. The summed E-state index contributed by atoms with van der Waals surface area (Å²) in [6.07, 6.45) is 0. The maximum Gasteiger partial charge on any atom is 0.214 e. The number of benzene rings is 1. The minimum absolute atomic E-state index is 0.214. The average molecular weight is 161 g/mol. The largest absolute Gasteiger partial charge is 0.479 e. The van der Waals surface area contributed by atoms with Crippen LogP contribution in [0.2, 0.25) is 0 Å². The van der Waals surface area contributed by atoms with Crippen LogP contribution in [0.4, 0.5) is 0 Å². The summed E-state index contributed by atoms with van der Waals surface area (Å²) in [7, 11) is 0. The third kappa shape index (κ3) is 1.33. The van der Waals surface area contributed by atoms with E-state index in [1.54, 1.807) is 0 Å². The summed E-state index contributed by atoms with van der Waals surface area (Å²) < 4.78 is 5.27. The first-order chi connectivity index (χ1) is 5.92. The third-order valence-corrected chi connectivity index (χ3v) is 1.83. The van der Waals surface area contributed by atoms with Crippen molar-refractivity contribution in [2.75, 3.05) is 6.61 Å². The van der Waals surface area contributed by atoms with Crippen molar-refractivity contribution in [3.05, 3.63) is 35.9 Å². The highest BCUT2D eigenvalue weighted by Gasteiger charge is 2.30. The lowest BCUT2D eigenvalue weighted by Gasteiger charge is -1.96. The Morgan fingerprint density at radius 3 is 2.75 bits per heavy atom. The summed E-state index contributed by atoms with van der Waals surface area (Å²) in [4.78, 5) is 4.21. The van der Waals surface area contributed by atoms with Gasteiger partial charge in [-0.05, 0) is 12.5 Å². The van der Waals surface area contributed by atoms with Gasteiger partial charge in [0, 0.05) is 0 Å². The standard InChI is InChI=1S/C10H11NO/c1-2-12-10-9(11-10)8-6-4-3-5-7-8/h3-7,9H,2H2,1H3. The van der Waals surface area contributed by atoms with E-state index in [1.165, 1.54) is 5.56 Å². The van der Waals surface area contributed by atoms with Gasteiger partial charge >= 0.3 is 0 Å². The summed E-state index contributed by atoms with van der Waals surface area (Å²) >= 11 is 0. The van der Waals surface area contributed by atoms with Crippen LogP contribution in [0.1, 0.15) is 18.5 Å². The number of rotatable bonds is 2. The minimum atomic E-state index is 0.214. The van der Waals surface area contributed by atoms with Crippen LogP contribution in [0.3, 0.4) is 0 Å². The van der Waals surface area contributed by atoms with Gasteiger partial charge in [0.2, 0.25) is 5.90 Å². The minimum Gasteiger partial charge on any atom is -0.479 e. The van der Waals surface area contributed by atoms with Crippen LogP contribution in [-0.4, -0.2) is 12.5 Å². The molecule has 2 rings (SSSR count). The Morgan fingerprint density at radius 1 is 1.33 bits per heavy atom. The quantitative estimate of drug-likeness (QED) is 0.651. The molecule has 2 nitrogen and oxygen atoms in total. The number of ether oxygens (including phenoxy) is 1. The molecule has 1 atom stereocenters. The summed E-state index contributed by atoms with van der Waals surface area (Å²) in [6, 6.07) is 10.4. The Labute approximate surface area is 71.9 Å². The first kappa shape index (κ1) is 7.35. The molecule has 1 aromatic rings. The van der Waals surface area contributed by atoms with Crippen molar-refractivity contribution in [3.63, 3.8) is 0 Å². The van der Waals surface area contributed by atoms with Crippen molar-refractivity contribution in [3.8, 4) is 0 Å². The molecule has 12 heavy (non-hydrogen) atoms. The molecule has 1 unspecified atom stereocenters. The maximum absolute atomic E-state index is 5.27. The molecule has 1 aliphatic rings. The predicted octanol–water partition coefficient (Wildman–Crippen LogP) is 2.18. The fourth-order valence-electron chi connectivity index (χ4n) is 1.21. The van der Waals surface area contributed by atoms with Crippen LogP contribution in [0.25, 0.3) is 0 Å². The molecule has 1 aromatic carbocycles. The van der Waals surface area contributed by atoms with Gasteiger partial charge in [-0.2, -0.15) is 0 Å². The second-order valence-electron chi connectivity index (χ2n) is 2.71. The van der Waals surface area contributed by atoms with E-state index in [1.807, 2.05) is 25.1 Å². The topological polar surface area (TPSA) is 21.6 Å². The second kappa shape index (κ2) is 2.97. The van der Waals surface area contributed by atoms with Gasteiger partial charge in [-0.3, -0.25) is 0 Å². The highest BCUT2D eigenvalue weighted by Crippen LogP contribution is 2.30. The second-order valence-corrected chi connectivity index (χ2v) is 2.71. The number of hydrogen-bond acceptors (Lipinski definition) is 2. The van der Waals surface area contributed by atoms with E-state index in [2.05, 4.69) is 17.1 Å². The van der Waals surface area contributed by atoms with Crippen molar-refractivity contribution in [1.82, 2.24) is 0 Å². The van der Waals surface area contributed by atoms with E-state index in [0.29, 0.717) is 6.61 Å². The van der Waals surface area contributed by atoms with E-state index >= 15 is 0 Å². The molecular formula is C10H11NO. The monoisotopic (exact) mass is 161 g/mol. The zero-order valence-corrected chi connectivity index (χ0v) is 7.03. The van der Waals surface area contributed by atoms with Crippen molar-refractivity contribution < 1.29 is 4.74 Å². The zero-order valence-electron chi connectivity index (χ0n) is 7.03. The molecule has 1 aliphatic heterocycles. The van der Waals surface area contributed by atoms with Gasteiger partial charge in [0.05, 0.1) is 6.61 Å².